The highest BCUT2D eigenvalue weighted by molar-refractivity contribution is 7.17. The lowest BCUT2D eigenvalue weighted by Gasteiger charge is -2.10. The predicted octanol–water partition coefficient (Wildman–Crippen LogP) is 3.24. The molecule has 28 heavy (non-hydrogen) atoms. The number of aromatic nitrogens is 2. The van der Waals surface area contributed by atoms with Gasteiger partial charge in [-0.3, -0.25) is 4.79 Å². The maximum Gasteiger partial charge on any atom is 0.261 e. The van der Waals surface area contributed by atoms with Crippen LogP contribution in [0.3, 0.4) is 0 Å². The number of nitrogens with one attached hydrogen (secondary N) is 2. The number of ether oxygens (including phenoxy) is 2. The fraction of sp³-hybridized carbons (Fsp3) is 0.250. The molecule has 3 aromatic rings. The molecular weight excluding hydrogens is 376 g/mol. The van der Waals surface area contributed by atoms with E-state index in [9.17, 15) is 4.79 Å². The zero-order valence-corrected chi connectivity index (χ0v) is 16.8. The number of thiophene rings is 1. The summed E-state index contributed by atoms with van der Waals surface area (Å²) < 4.78 is 10.6. The van der Waals surface area contributed by atoms with E-state index in [-0.39, 0.29) is 5.91 Å². The molecule has 0 radical (unpaired) electrons. The van der Waals surface area contributed by atoms with E-state index in [2.05, 4.69) is 20.6 Å². The fourth-order valence-corrected chi connectivity index (χ4v) is 3.58. The lowest BCUT2D eigenvalue weighted by Crippen LogP contribution is -2.24. The van der Waals surface area contributed by atoms with Gasteiger partial charge in [0.05, 0.1) is 29.7 Å². The maximum atomic E-state index is 12.5. The van der Waals surface area contributed by atoms with E-state index in [0.717, 1.165) is 27.6 Å². The first-order valence-electron chi connectivity index (χ1n) is 8.74. The number of carbonyl (C=O) groups excluding carboxylic acids is 1. The van der Waals surface area contributed by atoms with Crippen LogP contribution in [-0.2, 0) is 6.42 Å². The number of carbonyl (C=O) groups is 1. The second-order valence-corrected chi connectivity index (χ2v) is 6.95. The van der Waals surface area contributed by atoms with Crippen molar-refractivity contribution in [3.8, 4) is 22.1 Å². The first-order valence-corrected chi connectivity index (χ1v) is 9.56. The zero-order chi connectivity index (χ0) is 19.9. The second kappa shape index (κ2) is 9.18. The molecule has 0 aliphatic carbocycles. The highest BCUT2D eigenvalue weighted by atomic mass is 32.1. The normalized spacial score (nSPS) is 10.4. The minimum atomic E-state index is -0.110. The van der Waals surface area contributed by atoms with Gasteiger partial charge >= 0.3 is 0 Å². The van der Waals surface area contributed by atoms with Crippen LogP contribution < -0.4 is 20.1 Å². The van der Waals surface area contributed by atoms with Crippen molar-refractivity contribution in [1.82, 2.24) is 15.3 Å². The summed E-state index contributed by atoms with van der Waals surface area (Å²) in [4.78, 5) is 22.5. The van der Waals surface area contributed by atoms with Gasteiger partial charge in [0, 0.05) is 19.8 Å². The number of anilines is 1. The summed E-state index contributed by atoms with van der Waals surface area (Å²) in [6.45, 7) is 0.493. The summed E-state index contributed by atoms with van der Waals surface area (Å²) in [6.07, 6.45) is 2.33. The fourth-order valence-electron chi connectivity index (χ4n) is 2.69. The molecule has 0 bridgehead atoms. The first kappa shape index (κ1) is 19.6. The Labute approximate surface area is 167 Å². The van der Waals surface area contributed by atoms with Crippen LogP contribution in [0.1, 0.15) is 15.2 Å². The van der Waals surface area contributed by atoms with Gasteiger partial charge in [0.2, 0.25) is 5.95 Å². The highest BCUT2D eigenvalue weighted by Crippen LogP contribution is 2.27. The van der Waals surface area contributed by atoms with Gasteiger partial charge in [-0.05, 0) is 48.4 Å². The van der Waals surface area contributed by atoms with Crippen molar-refractivity contribution in [3.05, 3.63) is 53.0 Å². The van der Waals surface area contributed by atoms with E-state index in [1.165, 1.54) is 11.3 Å². The Balaban J connectivity index is 1.62. The van der Waals surface area contributed by atoms with Gasteiger partial charge in [-0.15, -0.1) is 11.3 Å². The Hall–Kier alpha value is -3.13. The number of nitrogens with zero attached hydrogens (tertiary/aromatic N) is 2. The Kier molecular flexibility index (Phi) is 6.44. The predicted molar refractivity (Wildman–Crippen MR) is 110 cm³/mol. The van der Waals surface area contributed by atoms with Crippen molar-refractivity contribution >= 4 is 23.2 Å². The number of methoxy groups -OCH3 is 2. The number of hydrogen-bond acceptors (Lipinski definition) is 7. The third kappa shape index (κ3) is 4.58. The van der Waals surface area contributed by atoms with Gasteiger partial charge in [-0.25, -0.2) is 9.97 Å². The molecule has 0 fully saturated rings. The molecule has 8 heteroatoms. The van der Waals surface area contributed by atoms with Crippen LogP contribution in [0.5, 0.6) is 11.5 Å². The zero-order valence-electron chi connectivity index (χ0n) is 16.0. The van der Waals surface area contributed by atoms with Crippen LogP contribution in [0.4, 0.5) is 5.95 Å². The van der Waals surface area contributed by atoms with Gasteiger partial charge < -0.3 is 20.1 Å². The summed E-state index contributed by atoms with van der Waals surface area (Å²) in [7, 11) is 5.02. The summed E-state index contributed by atoms with van der Waals surface area (Å²) in [5.74, 6) is 1.97. The van der Waals surface area contributed by atoms with E-state index in [4.69, 9.17) is 9.47 Å². The minimum absolute atomic E-state index is 0.110. The topological polar surface area (TPSA) is 85.4 Å². The molecule has 0 aliphatic heterocycles. The van der Waals surface area contributed by atoms with E-state index in [1.54, 1.807) is 27.5 Å². The van der Waals surface area contributed by atoms with Crippen LogP contribution in [0.25, 0.3) is 10.6 Å². The summed E-state index contributed by atoms with van der Waals surface area (Å²) in [6, 6.07) is 11.2. The van der Waals surface area contributed by atoms with Crippen LogP contribution in [0, 0.1) is 0 Å². The summed E-state index contributed by atoms with van der Waals surface area (Å²) >= 11 is 1.40. The molecule has 1 amide bonds. The van der Waals surface area contributed by atoms with Gasteiger partial charge in [-0.2, -0.15) is 0 Å². The largest absolute Gasteiger partial charge is 0.497 e. The van der Waals surface area contributed by atoms with Crippen LogP contribution in [-0.4, -0.2) is 43.7 Å². The minimum Gasteiger partial charge on any atom is -0.497 e. The number of benzene rings is 1. The number of amides is 1. The average molecular weight is 398 g/mol. The standard InChI is InChI=1S/C20H22N4O3S/c1-21-20-23-11-9-15(24-20)17-6-7-18(28-17)19(25)22-10-8-13-12-14(26-2)4-5-16(13)27-3/h4-7,9,11-12H,8,10H2,1-3H3,(H,22,25)(H,21,23,24). The Morgan fingerprint density at radius 3 is 2.75 bits per heavy atom. The third-order valence-electron chi connectivity index (χ3n) is 4.13. The van der Waals surface area contributed by atoms with Crippen molar-refractivity contribution in [3.63, 3.8) is 0 Å². The van der Waals surface area contributed by atoms with Crippen molar-refractivity contribution < 1.29 is 14.3 Å². The molecule has 0 atom stereocenters. The molecule has 146 valence electrons. The lowest BCUT2D eigenvalue weighted by molar-refractivity contribution is 0.0958. The van der Waals surface area contributed by atoms with Crippen molar-refractivity contribution in [2.45, 2.75) is 6.42 Å². The van der Waals surface area contributed by atoms with Crippen LogP contribution in [0.15, 0.2) is 42.6 Å². The maximum absolute atomic E-state index is 12.5. The van der Waals surface area contributed by atoms with E-state index >= 15 is 0 Å². The Morgan fingerprint density at radius 1 is 1.14 bits per heavy atom. The lowest BCUT2D eigenvalue weighted by atomic mass is 10.1. The quantitative estimate of drug-likeness (QED) is 0.606. The highest BCUT2D eigenvalue weighted by Gasteiger charge is 2.12. The van der Waals surface area contributed by atoms with E-state index in [1.807, 2.05) is 36.4 Å². The van der Waals surface area contributed by atoms with Crippen molar-refractivity contribution in [2.75, 3.05) is 33.1 Å². The second-order valence-electron chi connectivity index (χ2n) is 5.86. The summed E-state index contributed by atoms with van der Waals surface area (Å²) in [5.41, 5.74) is 1.76. The first-order chi connectivity index (χ1) is 13.6. The molecule has 2 heterocycles. The molecule has 0 spiro atoms. The molecular formula is C20H22N4O3S. The monoisotopic (exact) mass is 398 g/mol. The molecule has 0 saturated heterocycles. The van der Waals surface area contributed by atoms with Gasteiger partial charge in [0.25, 0.3) is 5.91 Å². The van der Waals surface area contributed by atoms with Gasteiger partial charge in [0.15, 0.2) is 0 Å². The van der Waals surface area contributed by atoms with E-state index in [0.29, 0.717) is 23.8 Å². The average Bonchev–Trinajstić information content (AvgIpc) is 3.24. The van der Waals surface area contributed by atoms with Gasteiger partial charge in [0.1, 0.15) is 11.5 Å². The Bertz CT molecular complexity index is 958. The van der Waals surface area contributed by atoms with Crippen LogP contribution >= 0.6 is 11.3 Å². The molecule has 0 aliphatic rings. The SMILES string of the molecule is CNc1nccc(-c2ccc(C(=O)NCCc3cc(OC)ccc3OC)s2)n1. The molecule has 1 aromatic carbocycles. The molecule has 7 nitrogen and oxygen atoms in total. The molecule has 0 unspecified atom stereocenters. The number of hydrogen-bond donors (Lipinski definition) is 2. The molecule has 2 N–H and O–H groups in total. The molecule has 3 rings (SSSR count). The smallest absolute Gasteiger partial charge is 0.261 e. The number of rotatable bonds is 8. The van der Waals surface area contributed by atoms with Crippen molar-refractivity contribution in [2.24, 2.45) is 0 Å². The van der Waals surface area contributed by atoms with Crippen molar-refractivity contribution in [1.29, 1.82) is 0 Å². The third-order valence-corrected chi connectivity index (χ3v) is 5.24. The van der Waals surface area contributed by atoms with E-state index < -0.39 is 0 Å². The van der Waals surface area contributed by atoms with Crippen LogP contribution in [0.2, 0.25) is 0 Å². The Morgan fingerprint density at radius 2 is 2.00 bits per heavy atom. The molecule has 2 aromatic heterocycles. The van der Waals surface area contributed by atoms with Gasteiger partial charge in [-0.1, -0.05) is 0 Å². The molecule has 0 saturated carbocycles. The summed E-state index contributed by atoms with van der Waals surface area (Å²) in [5, 5.41) is 5.87.